The molecule has 0 spiro atoms. The highest BCUT2D eigenvalue weighted by molar-refractivity contribution is 5.15. The van der Waals surface area contributed by atoms with Crippen LogP contribution in [-0.4, -0.2) is 77.2 Å². The minimum atomic E-state index is -0.198. The lowest BCUT2D eigenvalue weighted by Crippen LogP contribution is -2.61. The third-order valence-electron chi connectivity index (χ3n) is 11.4. The predicted molar refractivity (Wildman–Crippen MR) is 125 cm³/mol. The zero-order chi connectivity index (χ0) is 22.1. The Labute approximate surface area is 194 Å². The van der Waals surface area contributed by atoms with E-state index in [2.05, 4.69) is 35.9 Å². The SMILES string of the molecule is C[C@]12CC(N3CCOCC3)C(O)CC1CC[C@@H]1[C@@H]2CC[C@]2(C)C(O)C(N3C=CCC3)C[C@@H]12. The number of nitrogens with zero attached hydrogens (tertiary/aromatic N) is 2. The minimum absolute atomic E-state index is 0.0727. The second-order valence-corrected chi connectivity index (χ2v) is 12.6. The van der Waals surface area contributed by atoms with Crippen LogP contribution in [0.1, 0.15) is 65.2 Å². The zero-order valence-corrected chi connectivity index (χ0v) is 20.2. The van der Waals surface area contributed by atoms with Crippen LogP contribution in [-0.2, 0) is 4.74 Å². The van der Waals surface area contributed by atoms with Crippen molar-refractivity contribution in [1.29, 1.82) is 0 Å². The van der Waals surface area contributed by atoms with E-state index in [4.69, 9.17) is 4.74 Å². The fourth-order valence-electron chi connectivity index (χ4n) is 9.65. The molecule has 5 fully saturated rings. The van der Waals surface area contributed by atoms with Gasteiger partial charge in [0, 0.05) is 25.7 Å². The minimum Gasteiger partial charge on any atom is -0.391 e. The van der Waals surface area contributed by atoms with E-state index < -0.39 is 0 Å². The maximum atomic E-state index is 11.5. The summed E-state index contributed by atoms with van der Waals surface area (Å²) in [5, 5.41) is 22.6. The number of hydrogen-bond donors (Lipinski definition) is 2. The van der Waals surface area contributed by atoms with Crippen LogP contribution in [0.2, 0.25) is 0 Å². The van der Waals surface area contributed by atoms with Crippen molar-refractivity contribution < 1.29 is 14.9 Å². The number of rotatable bonds is 2. The Bertz CT molecular complexity index is 738. The van der Waals surface area contributed by atoms with Gasteiger partial charge in [0.2, 0.25) is 0 Å². The molecule has 4 saturated carbocycles. The Kier molecular flexibility index (Phi) is 5.45. The Morgan fingerprint density at radius 1 is 0.906 bits per heavy atom. The molecule has 2 N–H and O–H groups in total. The number of aliphatic hydroxyl groups is 2. The molecule has 32 heavy (non-hydrogen) atoms. The summed E-state index contributed by atoms with van der Waals surface area (Å²) in [6, 6.07) is 0.603. The first-order valence-electron chi connectivity index (χ1n) is 13.5. The van der Waals surface area contributed by atoms with Crippen molar-refractivity contribution in [3.63, 3.8) is 0 Å². The highest BCUT2D eigenvalue weighted by atomic mass is 16.5. The molecule has 0 aromatic rings. The van der Waals surface area contributed by atoms with Crippen LogP contribution >= 0.6 is 0 Å². The van der Waals surface area contributed by atoms with E-state index in [9.17, 15) is 10.2 Å². The van der Waals surface area contributed by atoms with Gasteiger partial charge in [0.15, 0.2) is 0 Å². The van der Waals surface area contributed by atoms with Crippen molar-refractivity contribution >= 4 is 0 Å². The van der Waals surface area contributed by atoms with Crippen molar-refractivity contribution in [2.45, 2.75) is 89.5 Å². The molecule has 5 heteroatoms. The van der Waals surface area contributed by atoms with Crippen LogP contribution in [0.3, 0.4) is 0 Å². The summed E-state index contributed by atoms with van der Waals surface area (Å²) < 4.78 is 5.61. The average molecular weight is 445 g/mol. The Hall–Kier alpha value is -0.620. The zero-order valence-electron chi connectivity index (χ0n) is 20.2. The van der Waals surface area contributed by atoms with E-state index in [0.29, 0.717) is 29.3 Å². The van der Waals surface area contributed by atoms with Gasteiger partial charge >= 0.3 is 0 Å². The molecule has 5 nitrogen and oxygen atoms in total. The van der Waals surface area contributed by atoms with Gasteiger partial charge in [0.05, 0.1) is 31.5 Å². The monoisotopic (exact) mass is 444 g/mol. The van der Waals surface area contributed by atoms with Gasteiger partial charge in [-0.2, -0.15) is 0 Å². The van der Waals surface area contributed by atoms with E-state index in [1.54, 1.807) is 0 Å². The Balaban J connectivity index is 1.25. The molecule has 5 unspecified atom stereocenters. The molecular weight excluding hydrogens is 400 g/mol. The maximum Gasteiger partial charge on any atom is 0.0799 e. The topological polar surface area (TPSA) is 56.2 Å². The Morgan fingerprint density at radius 3 is 2.47 bits per heavy atom. The summed E-state index contributed by atoms with van der Waals surface area (Å²) >= 11 is 0. The number of ether oxygens (including phenoxy) is 1. The summed E-state index contributed by atoms with van der Waals surface area (Å²) in [5.74, 6) is 2.78. The van der Waals surface area contributed by atoms with Crippen LogP contribution in [0.4, 0.5) is 0 Å². The lowest BCUT2D eigenvalue weighted by molar-refractivity contribution is -0.158. The van der Waals surface area contributed by atoms with Crippen molar-refractivity contribution in [1.82, 2.24) is 9.80 Å². The lowest BCUT2D eigenvalue weighted by atomic mass is 9.44. The number of morpholine rings is 1. The van der Waals surface area contributed by atoms with Gasteiger partial charge in [-0.05, 0) is 92.1 Å². The smallest absolute Gasteiger partial charge is 0.0799 e. The van der Waals surface area contributed by atoms with Crippen molar-refractivity contribution in [3.8, 4) is 0 Å². The van der Waals surface area contributed by atoms with Crippen molar-refractivity contribution in [2.24, 2.45) is 34.5 Å². The van der Waals surface area contributed by atoms with Crippen LogP contribution in [0.15, 0.2) is 12.3 Å². The molecule has 10 atom stereocenters. The predicted octanol–water partition coefficient (Wildman–Crippen LogP) is 3.26. The van der Waals surface area contributed by atoms with Gasteiger partial charge in [-0.1, -0.05) is 19.9 Å². The molecule has 0 bridgehead atoms. The summed E-state index contributed by atoms with van der Waals surface area (Å²) in [5.41, 5.74) is 0.395. The first-order valence-corrected chi connectivity index (χ1v) is 13.5. The van der Waals surface area contributed by atoms with Gasteiger partial charge in [-0.15, -0.1) is 0 Å². The fourth-order valence-corrected chi connectivity index (χ4v) is 9.65. The molecule has 6 aliphatic rings. The highest BCUT2D eigenvalue weighted by Gasteiger charge is 2.63. The summed E-state index contributed by atoms with van der Waals surface area (Å²) in [4.78, 5) is 4.98. The number of fused-ring (bicyclic) bond motifs is 5. The first kappa shape index (κ1) is 21.9. The van der Waals surface area contributed by atoms with E-state index in [0.717, 1.165) is 63.9 Å². The van der Waals surface area contributed by atoms with Crippen molar-refractivity contribution in [2.75, 3.05) is 32.8 Å². The largest absolute Gasteiger partial charge is 0.391 e. The third kappa shape index (κ3) is 3.17. The second kappa shape index (κ2) is 7.96. The maximum absolute atomic E-state index is 11.5. The standard InChI is InChI=1S/C27H44N2O3/c1-26-8-7-20-19(21(26)16-22(25(26)31)28-9-3-4-10-28)6-5-18-15-24(30)23(17-27(18,20)2)29-11-13-32-14-12-29/h3,9,18-25,30-31H,4-8,10-17H2,1-2H3/t18?,19-,20+,21+,22?,23?,24?,25?,26+,27+/m1/s1. The van der Waals surface area contributed by atoms with Crippen LogP contribution in [0.25, 0.3) is 0 Å². The molecule has 0 radical (unpaired) electrons. The van der Waals surface area contributed by atoms with E-state index in [1.807, 2.05) is 0 Å². The fraction of sp³-hybridized carbons (Fsp3) is 0.926. The molecule has 1 saturated heterocycles. The number of hydrogen-bond acceptors (Lipinski definition) is 5. The summed E-state index contributed by atoms with van der Waals surface area (Å²) in [6.07, 6.45) is 13.5. The third-order valence-corrected chi connectivity index (χ3v) is 11.4. The highest BCUT2D eigenvalue weighted by Crippen LogP contribution is 2.66. The summed E-state index contributed by atoms with van der Waals surface area (Å²) in [7, 11) is 0. The van der Waals surface area contributed by atoms with Gasteiger partial charge in [-0.3, -0.25) is 4.90 Å². The molecule has 0 amide bonds. The molecule has 6 rings (SSSR count). The van der Waals surface area contributed by atoms with Crippen molar-refractivity contribution in [3.05, 3.63) is 12.3 Å². The molecular formula is C27H44N2O3. The van der Waals surface area contributed by atoms with Gasteiger partial charge in [0.1, 0.15) is 0 Å². The normalized spacial score (nSPS) is 53.7. The molecule has 180 valence electrons. The van der Waals surface area contributed by atoms with Gasteiger partial charge in [-0.25, -0.2) is 0 Å². The summed E-state index contributed by atoms with van der Waals surface area (Å²) in [6.45, 7) is 9.62. The Morgan fingerprint density at radius 2 is 1.72 bits per heavy atom. The second-order valence-electron chi connectivity index (χ2n) is 12.6. The van der Waals surface area contributed by atoms with Gasteiger partial charge in [0.25, 0.3) is 0 Å². The van der Waals surface area contributed by atoms with Crippen LogP contribution in [0.5, 0.6) is 0 Å². The van der Waals surface area contributed by atoms with Crippen LogP contribution in [0, 0.1) is 34.5 Å². The van der Waals surface area contributed by atoms with E-state index in [1.165, 1.54) is 32.1 Å². The van der Waals surface area contributed by atoms with Gasteiger partial charge < -0.3 is 19.8 Å². The first-order chi connectivity index (χ1) is 15.4. The molecule has 0 aromatic heterocycles. The molecule has 4 aliphatic carbocycles. The average Bonchev–Trinajstić information content (AvgIpc) is 3.41. The number of aliphatic hydroxyl groups excluding tert-OH is 2. The molecule has 2 aliphatic heterocycles. The molecule has 0 aromatic carbocycles. The quantitative estimate of drug-likeness (QED) is 0.685. The molecule has 2 heterocycles. The van der Waals surface area contributed by atoms with E-state index in [-0.39, 0.29) is 17.6 Å². The van der Waals surface area contributed by atoms with E-state index >= 15 is 0 Å². The van der Waals surface area contributed by atoms with Crippen LogP contribution < -0.4 is 0 Å². The lowest BCUT2D eigenvalue weighted by Gasteiger charge is -2.62.